The highest BCUT2D eigenvalue weighted by Gasteiger charge is 2.37. The lowest BCUT2D eigenvalue weighted by atomic mass is 9.78. The first-order chi connectivity index (χ1) is 16.0. The minimum atomic E-state index is -0.404. The number of carbonyl (C=O) groups is 2. The van der Waals surface area contributed by atoms with Crippen LogP contribution in [0, 0.1) is 11.8 Å². The summed E-state index contributed by atoms with van der Waals surface area (Å²) in [5.41, 5.74) is 2.41. The molecular formula is C28H34N2O3. The molecule has 1 aliphatic carbocycles. The van der Waals surface area contributed by atoms with Crippen LogP contribution < -0.4 is 5.32 Å². The van der Waals surface area contributed by atoms with Crippen molar-refractivity contribution in [2.45, 2.75) is 44.7 Å². The Kier molecular flexibility index (Phi) is 7.61. The van der Waals surface area contributed by atoms with Gasteiger partial charge in [0, 0.05) is 32.1 Å². The number of rotatable bonds is 6. The maximum Gasteiger partial charge on any atom is 0.227 e. The second-order valence-corrected chi connectivity index (χ2v) is 9.31. The lowest BCUT2D eigenvalue weighted by molar-refractivity contribution is -0.126. The van der Waals surface area contributed by atoms with Crippen LogP contribution in [0.5, 0.6) is 0 Å². The molecule has 0 saturated carbocycles. The molecule has 2 aliphatic rings. The Balaban J connectivity index is 1.41. The van der Waals surface area contributed by atoms with Gasteiger partial charge in [0.2, 0.25) is 5.91 Å². The van der Waals surface area contributed by atoms with E-state index < -0.39 is 5.92 Å². The summed E-state index contributed by atoms with van der Waals surface area (Å²) in [6, 6.07) is 20.7. The summed E-state index contributed by atoms with van der Waals surface area (Å²) < 4.78 is 5.38. The largest absolute Gasteiger partial charge is 0.493 e. The number of nitrogens with one attached hydrogen (secondary N) is 1. The van der Waals surface area contributed by atoms with Gasteiger partial charge < -0.3 is 10.1 Å². The number of allylic oxidation sites excluding steroid dienone is 1. The number of amides is 1. The predicted molar refractivity (Wildman–Crippen MR) is 129 cm³/mol. The molecule has 1 saturated heterocycles. The van der Waals surface area contributed by atoms with E-state index in [-0.39, 0.29) is 29.6 Å². The molecule has 5 heteroatoms. The molecular weight excluding hydrogens is 412 g/mol. The number of benzene rings is 2. The van der Waals surface area contributed by atoms with Crippen LogP contribution in [0.25, 0.3) is 0 Å². The molecule has 0 radical (unpaired) electrons. The van der Waals surface area contributed by atoms with E-state index in [1.165, 1.54) is 12.7 Å². The smallest absolute Gasteiger partial charge is 0.227 e. The zero-order chi connectivity index (χ0) is 23.2. The first kappa shape index (κ1) is 23.2. The van der Waals surface area contributed by atoms with Gasteiger partial charge >= 0.3 is 0 Å². The van der Waals surface area contributed by atoms with Crippen LogP contribution in [0.15, 0.2) is 72.5 Å². The SMILES string of the molecule is COC1=CC(C(=O)NC2CCN(Cc3ccccc3)CC2)C(C)C(c2ccccc2)CC1=O. The van der Waals surface area contributed by atoms with Gasteiger partial charge in [-0.3, -0.25) is 14.5 Å². The molecule has 5 nitrogen and oxygen atoms in total. The van der Waals surface area contributed by atoms with E-state index in [0.717, 1.165) is 38.0 Å². The average Bonchev–Trinajstić information content (AvgIpc) is 2.97. The molecule has 3 unspecified atom stereocenters. The summed E-state index contributed by atoms with van der Waals surface area (Å²) in [4.78, 5) is 28.6. The van der Waals surface area contributed by atoms with Crippen LogP contribution >= 0.6 is 0 Å². The molecule has 0 aromatic heterocycles. The molecule has 1 N–H and O–H groups in total. The van der Waals surface area contributed by atoms with Crippen LogP contribution in [0.3, 0.4) is 0 Å². The van der Waals surface area contributed by atoms with E-state index in [1.807, 2.05) is 36.4 Å². The summed E-state index contributed by atoms with van der Waals surface area (Å²) in [6.45, 7) is 4.95. The van der Waals surface area contributed by atoms with Crippen molar-refractivity contribution in [2.24, 2.45) is 11.8 Å². The molecule has 4 rings (SSSR count). The van der Waals surface area contributed by atoms with Crippen molar-refractivity contribution >= 4 is 11.7 Å². The second kappa shape index (κ2) is 10.8. The maximum absolute atomic E-state index is 13.4. The highest BCUT2D eigenvalue weighted by molar-refractivity contribution is 5.96. The fourth-order valence-electron chi connectivity index (χ4n) is 5.14. The minimum Gasteiger partial charge on any atom is -0.493 e. The first-order valence-electron chi connectivity index (χ1n) is 12.0. The number of likely N-dealkylation sites (tertiary alicyclic amines) is 1. The van der Waals surface area contributed by atoms with Crippen molar-refractivity contribution < 1.29 is 14.3 Å². The van der Waals surface area contributed by atoms with E-state index in [9.17, 15) is 9.59 Å². The van der Waals surface area contributed by atoms with Gasteiger partial charge in [0.05, 0.1) is 13.0 Å². The molecule has 3 atom stereocenters. The number of hydrogen-bond donors (Lipinski definition) is 1. The van der Waals surface area contributed by atoms with Crippen LogP contribution in [0.2, 0.25) is 0 Å². The highest BCUT2D eigenvalue weighted by atomic mass is 16.5. The minimum absolute atomic E-state index is 0.00538. The molecule has 2 aromatic carbocycles. The van der Waals surface area contributed by atoms with Crippen molar-refractivity contribution in [3.8, 4) is 0 Å². The molecule has 2 aromatic rings. The van der Waals surface area contributed by atoms with Crippen LogP contribution in [-0.4, -0.2) is 42.8 Å². The summed E-state index contributed by atoms with van der Waals surface area (Å²) in [6.07, 6.45) is 3.96. The molecule has 1 aliphatic heterocycles. The summed E-state index contributed by atoms with van der Waals surface area (Å²) >= 11 is 0. The Morgan fingerprint density at radius 1 is 1.03 bits per heavy atom. The van der Waals surface area contributed by atoms with Crippen LogP contribution in [-0.2, 0) is 20.9 Å². The van der Waals surface area contributed by atoms with E-state index >= 15 is 0 Å². The van der Waals surface area contributed by atoms with Gasteiger partial charge in [0.15, 0.2) is 11.5 Å². The Hall–Kier alpha value is -2.92. The fraction of sp³-hybridized carbons (Fsp3) is 0.429. The normalized spacial score (nSPS) is 24.6. The van der Waals surface area contributed by atoms with Crippen molar-refractivity contribution in [3.05, 3.63) is 83.6 Å². The topological polar surface area (TPSA) is 58.6 Å². The monoisotopic (exact) mass is 446 g/mol. The van der Waals surface area contributed by atoms with E-state index in [4.69, 9.17) is 4.74 Å². The lowest BCUT2D eigenvalue weighted by Crippen LogP contribution is -2.47. The van der Waals surface area contributed by atoms with Gasteiger partial charge in [0.1, 0.15) is 0 Å². The van der Waals surface area contributed by atoms with Crippen molar-refractivity contribution in [1.29, 1.82) is 0 Å². The number of methoxy groups -OCH3 is 1. The van der Waals surface area contributed by atoms with Gasteiger partial charge in [-0.2, -0.15) is 0 Å². The number of Topliss-reactive ketones (excluding diaryl/α,β-unsaturated/α-hetero) is 1. The van der Waals surface area contributed by atoms with Crippen LogP contribution in [0.1, 0.15) is 43.2 Å². The maximum atomic E-state index is 13.4. The zero-order valence-electron chi connectivity index (χ0n) is 19.6. The number of nitrogens with zero attached hydrogens (tertiary/aromatic N) is 1. The number of piperidine rings is 1. The van der Waals surface area contributed by atoms with E-state index in [1.54, 1.807) is 6.08 Å². The Bertz CT molecular complexity index is 965. The molecule has 0 spiro atoms. The Morgan fingerprint density at radius 2 is 1.67 bits per heavy atom. The van der Waals surface area contributed by atoms with Crippen LogP contribution in [0.4, 0.5) is 0 Å². The Morgan fingerprint density at radius 3 is 2.30 bits per heavy atom. The molecule has 1 amide bonds. The lowest BCUT2D eigenvalue weighted by Gasteiger charge is -2.34. The number of ketones is 1. The van der Waals surface area contributed by atoms with Crippen molar-refractivity contribution in [2.75, 3.05) is 20.2 Å². The Labute approximate surface area is 196 Å². The van der Waals surface area contributed by atoms with E-state index in [2.05, 4.69) is 41.4 Å². The third-order valence-electron chi connectivity index (χ3n) is 7.15. The number of carbonyl (C=O) groups excluding carboxylic acids is 2. The number of ether oxygens (including phenoxy) is 1. The highest BCUT2D eigenvalue weighted by Crippen LogP contribution is 2.38. The second-order valence-electron chi connectivity index (χ2n) is 9.31. The quantitative estimate of drug-likeness (QED) is 0.719. The summed E-state index contributed by atoms with van der Waals surface area (Å²) in [7, 11) is 1.51. The third kappa shape index (κ3) is 5.72. The van der Waals surface area contributed by atoms with Gasteiger partial charge in [-0.05, 0) is 41.9 Å². The molecule has 1 heterocycles. The standard InChI is InChI=1S/C28H34N2O3/c1-20-24(22-11-7-4-8-12-22)17-26(31)27(33-2)18-25(20)28(32)29-23-13-15-30(16-14-23)19-21-9-5-3-6-10-21/h3-12,18,20,23-25H,13-17,19H2,1-2H3,(H,29,32). The summed E-state index contributed by atoms with van der Waals surface area (Å²) in [5.74, 6) is -0.179. The summed E-state index contributed by atoms with van der Waals surface area (Å²) in [5, 5.41) is 3.29. The fourth-order valence-corrected chi connectivity index (χ4v) is 5.14. The third-order valence-corrected chi connectivity index (χ3v) is 7.15. The number of hydrogen-bond acceptors (Lipinski definition) is 4. The van der Waals surface area contributed by atoms with Crippen molar-refractivity contribution in [3.63, 3.8) is 0 Å². The molecule has 33 heavy (non-hydrogen) atoms. The molecule has 0 bridgehead atoms. The average molecular weight is 447 g/mol. The van der Waals surface area contributed by atoms with Gasteiger partial charge in [-0.25, -0.2) is 0 Å². The first-order valence-corrected chi connectivity index (χ1v) is 12.0. The van der Waals surface area contributed by atoms with Gasteiger partial charge in [-0.15, -0.1) is 0 Å². The van der Waals surface area contributed by atoms with Crippen molar-refractivity contribution in [1.82, 2.24) is 10.2 Å². The molecule has 174 valence electrons. The molecule has 1 fully saturated rings. The van der Waals surface area contributed by atoms with E-state index in [0.29, 0.717) is 12.2 Å². The van der Waals surface area contributed by atoms with Gasteiger partial charge in [0.25, 0.3) is 0 Å². The predicted octanol–water partition coefficient (Wildman–Crippen LogP) is 4.31. The van der Waals surface area contributed by atoms with Gasteiger partial charge in [-0.1, -0.05) is 67.6 Å². The zero-order valence-corrected chi connectivity index (χ0v) is 19.6.